The number of benzene rings is 1. The fourth-order valence-corrected chi connectivity index (χ4v) is 1.11. The van der Waals surface area contributed by atoms with Crippen molar-refractivity contribution in [2.24, 2.45) is 0 Å². The van der Waals surface area contributed by atoms with E-state index >= 15 is 0 Å². The van der Waals surface area contributed by atoms with Gasteiger partial charge in [0.25, 0.3) is 0 Å². The lowest BCUT2D eigenvalue weighted by Crippen LogP contribution is -2.10. The maximum Gasteiger partial charge on any atom is 0.341 e. The van der Waals surface area contributed by atoms with Crippen LogP contribution in [0.5, 0.6) is 5.75 Å². The Morgan fingerprint density at radius 3 is 2.60 bits per heavy atom. The van der Waals surface area contributed by atoms with Crippen LogP contribution < -0.4 is 4.74 Å². The predicted octanol–water partition coefficient (Wildman–Crippen LogP) is 1.66. The first-order chi connectivity index (χ1) is 7.00. The molecule has 0 amide bonds. The van der Waals surface area contributed by atoms with Gasteiger partial charge in [-0.1, -0.05) is 12.1 Å². The molecule has 1 N–H and O–H groups in total. The topological polar surface area (TPSA) is 63.6 Å². The third kappa shape index (κ3) is 3.09. The number of carbonyl (C=O) groups excluding carboxylic acids is 1. The Morgan fingerprint density at radius 1 is 1.40 bits per heavy atom. The number of aryl methyl sites for hydroxylation is 1. The minimum Gasteiger partial charge on any atom is -0.482 e. The molecule has 80 valence electrons. The van der Waals surface area contributed by atoms with E-state index in [-0.39, 0.29) is 5.78 Å². The Balaban J connectivity index is 2.90. The Morgan fingerprint density at radius 2 is 2.07 bits per heavy atom. The zero-order valence-electron chi connectivity index (χ0n) is 8.61. The average molecular weight is 208 g/mol. The summed E-state index contributed by atoms with van der Waals surface area (Å²) >= 11 is 0. The molecule has 1 aromatic rings. The first kappa shape index (κ1) is 11.2. The van der Waals surface area contributed by atoms with Gasteiger partial charge in [-0.15, -0.1) is 0 Å². The largest absolute Gasteiger partial charge is 0.482 e. The van der Waals surface area contributed by atoms with Gasteiger partial charge in [-0.25, -0.2) is 4.79 Å². The Hall–Kier alpha value is -1.84. The second kappa shape index (κ2) is 4.59. The lowest BCUT2D eigenvalue weighted by molar-refractivity contribution is -0.139. The number of carboxylic acid groups (broad SMARTS) is 1. The van der Waals surface area contributed by atoms with Crippen molar-refractivity contribution in [1.82, 2.24) is 0 Å². The molecule has 1 rings (SSSR count). The monoisotopic (exact) mass is 208 g/mol. The van der Waals surface area contributed by atoms with Crippen LogP contribution in [-0.2, 0) is 4.79 Å². The van der Waals surface area contributed by atoms with Crippen molar-refractivity contribution in [1.29, 1.82) is 0 Å². The first-order valence-corrected chi connectivity index (χ1v) is 4.47. The summed E-state index contributed by atoms with van der Waals surface area (Å²) in [5.74, 6) is -0.678. The number of aliphatic carboxylic acids is 1. The van der Waals surface area contributed by atoms with Gasteiger partial charge in [-0.2, -0.15) is 0 Å². The molecule has 0 saturated heterocycles. The van der Waals surface area contributed by atoms with E-state index in [0.29, 0.717) is 11.3 Å². The smallest absolute Gasteiger partial charge is 0.341 e. The molecule has 1 aromatic carbocycles. The molecular formula is C11H12O4. The van der Waals surface area contributed by atoms with E-state index in [2.05, 4.69) is 0 Å². The summed E-state index contributed by atoms with van der Waals surface area (Å²) in [7, 11) is 0. The highest BCUT2D eigenvalue weighted by molar-refractivity contribution is 5.94. The zero-order chi connectivity index (χ0) is 11.4. The molecule has 0 aliphatic heterocycles. The number of hydrogen-bond donors (Lipinski definition) is 1. The highest BCUT2D eigenvalue weighted by Gasteiger charge is 2.06. The number of carboxylic acids is 1. The summed E-state index contributed by atoms with van der Waals surface area (Å²) in [5.41, 5.74) is 1.32. The van der Waals surface area contributed by atoms with Crippen LogP contribution in [-0.4, -0.2) is 23.5 Å². The van der Waals surface area contributed by atoms with Gasteiger partial charge in [0.2, 0.25) is 0 Å². The summed E-state index contributed by atoms with van der Waals surface area (Å²) in [4.78, 5) is 21.4. The van der Waals surface area contributed by atoms with E-state index in [1.807, 2.05) is 0 Å². The lowest BCUT2D eigenvalue weighted by atomic mass is 10.1. The number of ether oxygens (including phenoxy) is 1. The zero-order valence-corrected chi connectivity index (χ0v) is 8.61. The molecular weight excluding hydrogens is 196 g/mol. The second-order valence-corrected chi connectivity index (χ2v) is 3.22. The van der Waals surface area contributed by atoms with Crippen molar-refractivity contribution in [2.45, 2.75) is 13.8 Å². The van der Waals surface area contributed by atoms with E-state index in [9.17, 15) is 9.59 Å². The fraction of sp³-hybridized carbons (Fsp3) is 0.273. The second-order valence-electron chi connectivity index (χ2n) is 3.22. The van der Waals surface area contributed by atoms with Crippen molar-refractivity contribution in [3.8, 4) is 5.75 Å². The van der Waals surface area contributed by atoms with E-state index in [4.69, 9.17) is 9.84 Å². The molecule has 0 radical (unpaired) electrons. The van der Waals surface area contributed by atoms with Gasteiger partial charge in [-0.05, 0) is 25.5 Å². The number of carbonyl (C=O) groups is 2. The van der Waals surface area contributed by atoms with Crippen molar-refractivity contribution >= 4 is 11.8 Å². The van der Waals surface area contributed by atoms with E-state index in [1.165, 1.54) is 6.92 Å². The molecule has 0 heterocycles. The highest BCUT2D eigenvalue weighted by Crippen LogP contribution is 2.19. The molecule has 15 heavy (non-hydrogen) atoms. The third-order valence-electron chi connectivity index (χ3n) is 1.95. The van der Waals surface area contributed by atoms with Gasteiger partial charge in [0.1, 0.15) is 5.75 Å². The number of rotatable bonds is 4. The molecule has 0 saturated carbocycles. The predicted molar refractivity (Wildman–Crippen MR) is 54.3 cm³/mol. The van der Waals surface area contributed by atoms with Crippen LogP contribution in [0.4, 0.5) is 0 Å². The molecule has 0 fully saturated rings. The van der Waals surface area contributed by atoms with Crippen molar-refractivity contribution in [3.63, 3.8) is 0 Å². The van der Waals surface area contributed by atoms with Gasteiger partial charge >= 0.3 is 5.97 Å². The molecule has 0 spiro atoms. The maximum absolute atomic E-state index is 11.1. The minimum absolute atomic E-state index is 0.0739. The van der Waals surface area contributed by atoms with E-state index in [0.717, 1.165) is 5.56 Å². The summed E-state index contributed by atoms with van der Waals surface area (Å²) in [5, 5.41) is 8.45. The lowest BCUT2D eigenvalue weighted by Gasteiger charge is -2.07. The summed E-state index contributed by atoms with van der Waals surface area (Å²) in [6.07, 6.45) is 0. The Bertz CT molecular complexity index is 396. The van der Waals surface area contributed by atoms with Gasteiger partial charge < -0.3 is 9.84 Å². The quantitative estimate of drug-likeness (QED) is 0.764. The average Bonchev–Trinajstić information content (AvgIpc) is 2.16. The molecule has 0 bridgehead atoms. The van der Waals surface area contributed by atoms with Gasteiger partial charge in [0.05, 0.1) is 0 Å². The van der Waals surface area contributed by atoms with Gasteiger partial charge in [0, 0.05) is 5.56 Å². The molecule has 0 aliphatic rings. The van der Waals surface area contributed by atoms with Crippen molar-refractivity contribution in [3.05, 3.63) is 29.3 Å². The maximum atomic E-state index is 11.1. The molecule has 0 unspecified atom stereocenters. The number of ketones is 1. The normalized spacial score (nSPS) is 9.73. The summed E-state index contributed by atoms with van der Waals surface area (Å²) in [6, 6.07) is 4.97. The fourth-order valence-electron chi connectivity index (χ4n) is 1.11. The number of hydrogen-bond acceptors (Lipinski definition) is 3. The standard InChI is InChI=1S/C11H12O4/c1-7-3-4-9(8(2)12)5-10(7)15-6-11(13)14/h3-5H,6H2,1-2H3,(H,13,14). The van der Waals surface area contributed by atoms with Crippen molar-refractivity contribution in [2.75, 3.05) is 6.61 Å². The first-order valence-electron chi connectivity index (χ1n) is 4.47. The molecule has 0 aliphatic carbocycles. The Labute approximate surface area is 87.5 Å². The van der Waals surface area contributed by atoms with Crippen LogP contribution >= 0.6 is 0 Å². The van der Waals surface area contributed by atoms with Crippen molar-refractivity contribution < 1.29 is 19.4 Å². The van der Waals surface area contributed by atoms with E-state index in [1.54, 1.807) is 25.1 Å². The van der Waals surface area contributed by atoms with Gasteiger partial charge in [0.15, 0.2) is 12.4 Å². The van der Waals surface area contributed by atoms with Crippen LogP contribution in [0, 0.1) is 6.92 Å². The molecule has 4 heteroatoms. The van der Waals surface area contributed by atoms with Crippen LogP contribution in [0.2, 0.25) is 0 Å². The summed E-state index contributed by atoms with van der Waals surface area (Å²) in [6.45, 7) is 2.84. The van der Waals surface area contributed by atoms with Crippen LogP contribution in [0.3, 0.4) is 0 Å². The molecule has 0 aromatic heterocycles. The molecule has 0 atom stereocenters. The molecule has 4 nitrogen and oxygen atoms in total. The number of Topliss-reactive ketones (excluding diaryl/α,β-unsaturated/α-hetero) is 1. The third-order valence-corrected chi connectivity index (χ3v) is 1.95. The van der Waals surface area contributed by atoms with Crippen LogP contribution in [0.1, 0.15) is 22.8 Å². The van der Waals surface area contributed by atoms with Gasteiger partial charge in [-0.3, -0.25) is 4.79 Å². The Kier molecular flexibility index (Phi) is 3.44. The van der Waals surface area contributed by atoms with Crippen LogP contribution in [0.15, 0.2) is 18.2 Å². The SMILES string of the molecule is CC(=O)c1ccc(C)c(OCC(=O)O)c1. The van der Waals surface area contributed by atoms with Crippen LogP contribution in [0.25, 0.3) is 0 Å². The van der Waals surface area contributed by atoms with E-state index < -0.39 is 12.6 Å². The minimum atomic E-state index is -1.04. The highest BCUT2D eigenvalue weighted by atomic mass is 16.5. The summed E-state index contributed by atoms with van der Waals surface area (Å²) < 4.78 is 5.04.